The number of fused-ring (bicyclic) bond motifs is 1. The van der Waals surface area contributed by atoms with Gasteiger partial charge in [0.2, 0.25) is 5.91 Å². The van der Waals surface area contributed by atoms with E-state index < -0.39 is 23.7 Å². The number of nitrogens with two attached hydrogens (primary N) is 1. The highest BCUT2D eigenvalue weighted by atomic mass is 32.1. The number of anilines is 1. The van der Waals surface area contributed by atoms with Gasteiger partial charge in [-0.2, -0.15) is 5.26 Å². The van der Waals surface area contributed by atoms with Gasteiger partial charge in [0.05, 0.1) is 10.4 Å². The molecular weight excluding hydrogens is 434 g/mol. The summed E-state index contributed by atoms with van der Waals surface area (Å²) in [7, 11) is 0. The van der Waals surface area contributed by atoms with Gasteiger partial charge in [-0.25, -0.2) is 14.6 Å². The number of unbranched alkanes of at least 4 members (excludes halogenated alkanes) is 1. The number of alkyl carbamates (subject to hydrolysis) is 1. The number of benzene rings is 1. The van der Waals surface area contributed by atoms with Crippen LogP contribution in [0, 0.1) is 11.3 Å². The number of amides is 2. The highest BCUT2D eigenvalue weighted by Crippen LogP contribution is 2.25. The average molecular weight is 464 g/mol. The van der Waals surface area contributed by atoms with Gasteiger partial charge in [0.25, 0.3) is 0 Å². The Morgan fingerprint density at radius 2 is 2.00 bits per heavy atom. The number of rotatable bonds is 7. The Morgan fingerprint density at radius 1 is 1.31 bits per heavy atom. The van der Waals surface area contributed by atoms with Crippen molar-refractivity contribution >= 4 is 45.2 Å². The highest BCUT2D eigenvalue weighted by molar-refractivity contribution is 7.19. The molecule has 0 unspecified atom stereocenters. The van der Waals surface area contributed by atoms with Crippen molar-refractivity contribution in [3.05, 3.63) is 23.2 Å². The van der Waals surface area contributed by atoms with E-state index in [1.165, 1.54) is 18.3 Å². The van der Waals surface area contributed by atoms with Crippen LogP contribution in [0.1, 0.15) is 52.0 Å². The number of nitrogens with one attached hydrogen (secondary N) is 2. The third kappa shape index (κ3) is 10.1. The van der Waals surface area contributed by atoms with Crippen molar-refractivity contribution in [2.45, 2.75) is 58.6 Å². The van der Waals surface area contributed by atoms with Gasteiger partial charge >= 0.3 is 12.1 Å². The lowest BCUT2D eigenvalue weighted by Gasteiger charge is -2.22. The van der Waals surface area contributed by atoms with Crippen LogP contribution in [0.15, 0.2) is 18.2 Å². The van der Waals surface area contributed by atoms with Crippen molar-refractivity contribution in [3.63, 3.8) is 0 Å². The molecule has 0 bridgehead atoms. The van der Waals surface area contributed by atoms with E-state index in [1.54, 1.807) is 26.8 Å². The smallest absolute Gasteiger partial charge is 0.408 e. The SMILES string of the molecule is CC(=O)NCCCC[C@H](NC(=O)OC(C)(C)C)C(=O)O.N#Cc1nc2c(N)cccc2s1. The Hall–Kier alpha value is -3.39. The Labute approximate surface area is 190 Å². The number of carbonyl (C=O) groups excluding carboxylic acids is 2. The van der Waals surface area contributed by atoms with Gasteiger partial charge < -0.3 is 26.2 Å². The van der Waals surface area contributed by atoms with Crippen LogP contribution in [0.25, 0.3) is 10.2 Å². The molecule has 2 amide bonds. The van der Waals surface area contributed by atoms with E-state index in [0.717, 1.165) is 10.2 Å². The third-order valence-electron chi connectivity index (χ3n) is 3.83. The number of nitrogen functional groups attached to an aromatic ring is 1. The van der Waals surface area contributed by atoms with Gasteiger partial charge in [0.1, 0.15) is 23.2 Å². The summed E-state index contributed by atoms with van der Waals surface area (Å²) in [4.78, 5) is 37.2. The summed E-state index contributed by atoms with van der Waals surface area (Å²) >= 11 is 1.36. The standard InChI is InChI=1S/C13H24N2O5.C8H5N3S/c1-9(16)14-8-6-5-7-10(11(17)18)15-12(19)20-13(2,3)4;9-4-7-11-8-5(10)2-1-3-6(8)12-7/h10H,5-8H2,1-4H3,(H,14,16)(H,15,19)(H,17,18);1-3H,10H2/t10-;/m0./s1. The maximum atomic E-state index is 11.5. The molecule has 1 aromatic carbocycles. The fourth-order valence-corrected chi connectivity index (χ4v) is 3.26. The van der Waals surface area contributed by atoms with Gasteiger partial charge in [-0.1, -0.05) is 6.07 Å². The first-order valence-electron chi connectivity index (χ1n) is 9.95. The third-order valence-corrected chi connectivity index (χ3v) is 4.75. The van der Waals surface area contributed by atoms with E-state index >= 15 is 0 Å². The number of thiazole rings is 1. The molecule has 0 spiro atoms. The van der Waals surface area contributed by atoms with Crippen molar-refractivity contribution in [1.29, 1.82) is 5.26 Å². The second-order valence-corrected chi connectivity index (χ2v) is 8.87. The Bertz CT molecular complexity index is 977. The first-order chi connectivity index (χ1) is 14.9. The number of carboxylic acid groups (broad SMARTS) is 1. The maximum Gasteiger partial charge on any atom is 0.408 e. The van der Waals surface area contributed by atoms with Gasteiger partial charge in [0.15, 0.2) is 5.01 Å². The normalized spacial score (nSPS) is 11.5. The molecule has 0 aliphatic rings. The van der Waals surface area contributed by atoms with Crippen LogP contribution < -0.4 is 16.4 Å². The minimum Gasteiger partial charge on any atom is -0.480 e. The summed E-state index contributed by atoms with van der Waals surface area (Å²) in [6.07, 6.45) is 0.771. The van der Waals surface area contributed by atoms with E-state index in [-0.39, 0.29) is 12.3 Å². The fraction of sp³-hybridized carbons (Fsp3) is 0.476. The molecule has 32 heavy (non-hydrogen) atoms. The van der Waals surface area contributed by atoms with Gasteiger partial charge in [-0.3, -0.25) is 4.79 Å². The van der Waals surface area contributed by atoms with Gasteiger partial charge in [-0.05, 0) is 52.2 Å². The average Bonchev–Trinajstić information content (AvgIpc) is 3.10. The number of nitrogens with zero attached hydrogens (tertiary/aromatic N) is 2. The largest absolute Gasteiger partial charge is 0.480 e. The number of hydrogen-bond acceptors (Lipinski definition) is 8. The minimum atomic E-state index is -1.10. The minimum absolute atomic E-state index is 0.119. The molecule has 10 nitrogen and oxygen atoms in total. The molecular formula is C21H29N5O5S. The predicted molar refractivity (Wildman–Crippen MR) is 122 cm³/mol. The molecule has 0 saturated heterocycles. The molecule has 0 saturated carbocycles. The van der Waals surface area contributed by atoms with Crippen LogP contribution in [0.5, 0.6) is 0 Å². The lowest BCUT2D eigenvalue weighted by atomic mass is 10.1. The second kappa shape index (κ2) is 12.5. The van der Waals surface area contributed by atoms with Crippen LogP contribution in [-0.4, -0.2) is 46.2 Å². The number of aromatic nitrogens is 1. The first-order valence-corrected chi connectivity index (χ1v) is 10.8. The predicted octanol–water partition coefficient (Wildman–Crippen LogP) is 3.02. The summed E-state index contributed by atoms with van der Waals surface area (Å²) in [5.41, 5.74) is 6.36. The number of carbonyl (C=O) groups is 3. The van der Waals surface area contributed by atoms with Crippen molar-refractivity contribution in [1.82, 2.24) is 15.6 Å². The molecule has 0 aliphatic carbocycles. The molecule has 0 fully saturated rings. The molecule has 5 N–H and O–H groups in total. The zero-order chi connectivity index (χ0) is 24.3. The number of para-hydroxylation sites is 1. The number of hydrogen-bond donors (Lipinski definition) is 4. The van der Waals surface area contributed by atoms with Crippen molar-refractivity contribution in [2.24, 2.45) is 0 Å². The van der Waals surface area contributed by atoms with E-state index in [1.807, 2.05) is 18.2 Å². The number of carboxylic acids is 1. The Kier molecular flexibility index (Phi) is 10.4. The summed E-state index contributed by atoms with van der Waals surface area (Å²) in [5, 5.41) is 23.0. The quantitative estimate of drug-likeness (QED) is 0.359. The van der Waals surface area contributed by atoms with Crippen molar-refractivity contribution in [2.75, 3.05) is 12.3 Å². The van der Waals surface area contributed by atoms with Gasteiger partial charge in [-0.15, -0.1) is 11.3 Å². The summed E-state index contributed by atoms with van der Waals surface area (Å²) < 4.78 is 5.97. The molecule has 0 radical (unpaired) electrons. The van der Waals surface area contributed by atoms with E-state index in [2.05, 4.69) is 15.6 Å². The molecule has 2 aromatic rings. The van der Waals surface area contributed by atoms with Crippen molar-refractivity contribution < 1.29 is 24.2 Å². The second-order valence-electron chi connectivity index (χ2n) is 7.84. The zero-order valence-electron chi connectivity index (χ0n) is 18.6. The number of ether oxygens (including phenoxy) is 1. The number of nitriles is 1. The van der Waals surface area contributed by atoms with Crippen LogP contribution in [0.2, 0.25) is 0 Å². The van der Waals surface area contributed by atoms with Crippen LogP contribution in [0.3, 0.4) is 0 Å². The Morgan fingerprint density at radius 3 is 2.53 bits per heavy atom. The molecule has 11 heteroatoms. The summed E-state index contributed by atoms with van der Waals surface area (Å²) in [5.74, 6) is -1.22. The van der Waals surface area contributed by atoms with E-state index in [0.29, 0.717) is 30.1 Å². The molecule has 1 atom stereocenters. The Balaban J connectivity index is 0.000000357. The van der Waals surface area contributed by atoms with Crippen LogP contribution in [0.4, 0.5) is 10.5 Å². The maximum absolute atomic E-state index is 11.5. The lowest BCUT2D eigenvalue weighted by molar-refractivity contribution is -0.139. The van der Waals surface area contributed by atoms with E-state index in [9.17, 15) is 14.4 Å². The zero-order valence-corrected chi connectivity index (χ0v) is 19.4. The fourth-order valence-electron chi connectivity index (χ4n) is 2.46. The molecule has 1 aromatic heterocycles. The molecule has 174 valence electrons. The van der Waals surface area contributed by atoms with Crippen molar-refractivity contribution in [3.8, 4) is 6.07 Å². The summed E-state index contributed by atoms with van der Waals surface area (Å²) in [6, 6.07) is 6.56. The van der Waals surface area contributed by atoms with E-state index in [4.69, 9.17) is 20.8 Å². The molecule has 1 heterocycles. The lowest BCUT2D eigenvalue weighted by Crippen LogP contribution is -2.43. The summed E-state index contributed by atoms with van der Waals surface area (Å²) in [6.45, 7) is 7.03. The number of aliphatic carboxylic acids is 1. The topological polar surface area (TPSA) is 167 Å². The molecule has 2 rings (SSSR count). The highest BCUT2D eigenvalue weighted by Gasteiger charge is 2.23. The van der Waals surface area contributed by atoms with Gasteiger partial charge in [0, 0.05) is 13.5 Å². The molecule has 0 aliphatic heterocycles. The first kappa shape index (κ1) is 26.6. The van der Waals surface area contributed by atoms with Crippen LogP contribution in [-0.2, 0) is 14.3 Å². The van der Waals surface area contributed by atoms with Crippen LogP contribution >= 0.6 is 11.3 Å². The monoisotopic (exact) mass is 463 g/mol.